The van der Waals surface area contributed by atoms with E-state index in [0.29, 0.717) is 61.1 Å². The molecule has 2 amide bonds. The molecule has 5 N–H and O–H groups in total. The van der Waals surface area contributed by atoms with E-state index in [1.165, 1.54) is 56.0 Å². The standard InChI is InChI=1S/C58H75N10O8P/c1-8-67-43-30-42-40(29-39(43)34(2)31-57(67,3)4)46(41-28-35-18-15-26-66-27-16-21-38(49(35)66)47(41)58(42,5)6)36-19-11-12-20-37(36)54(71)65(7)25-17-22-45(69)60-23-13-9-10-14-24-61-56-64-48-52(59)62-33-63-53(48)68(56)55-50(70)51-44(75-55)32-74-77(72,73)76-51/h11-12,19-20,28-30,33-34,44,50-51,55,59,70H,8-10,13-18,21-27,31-32H2,1-7H3,(H3,60,69,71,72,73)/t34?,44-,50-,51-,55-/m1/s1. The first kappa shape index (κ1) is 53.3. The van der Waals surface area contributed by atoms with Crippen molar-refractivity contribution in [1.29, 1.82) is 0 Å². The van der Waals surface area contributed by atoms with Gasteiger partial charge in [-0.15, -0.1) is 0 Å². The number of nitrogens with one attached hydrogen (secondary N) is 2. The summed E-state index contributed by atoms with van der Waals surface area (Å²) in [7, 11) is -2.72. The highest BCUT2D eigenvalue weighted by Crippen LogP contribution is 2.52. The zero-order valence-corrected chi connectivity index (χ0v) is 46.6. The molecule has 0 saturated carbocycles. The highest BCUT2D eigenvalue weighted by Gasteiger charge is 2.51. The van der Waals surface area contributed by atoms with E-state index in [2.05, 4.69) is 107 Å². The van der Waals surface area contributed by atoms with Crippen molar-refractivity contribution in [2.45, 2.75) is 154 Å². The van der Waals surface area contributed by atoms with E-state index < -0.39 is 32.4 Å². The molecular formula is C58H75N10O8P. The Balaban J connectivity index is 0.735. The lowest BCUT2D eigenvalue weighted by atomic mass is 9.64. The molecule has 77 heavy (non-hydrogen) atoms. The number of aliphatic hydroxyl groups excluding tert-OH is 1. The number of fused-ring (bicyclic) bond motifs is 6. The van der Waals surface area contributed by atoms with Crippen LogP contribution in [0.15, 0.2) is 48.8 Å². The van der Waals surface area contributed by atoms with E-state index in [1.54, 1.807) is 9.47 Å². The summed E-state index contributed by atoms with van der Waals surface area (Å²) in [4.78, 5) is 57.3. The van der Waals surface area contributed by atoms with E-state index in [9.17, 15) is 24.2 Å². The Labute approximate surface area is 450 Å². The van der Waals surface area contributed by atoms with Gasteiger partial charge in [-0.05, 0) is 128 Å². The molecule has 6 atom stereocenters. The minimum absolute atomic E-state index is 0.0291. The summed E-state index contributed by atoms with van der Waals surface area (Å²) >= 11 is 0. The van der Waals surface area contributed by atoms with E-state index in [0.717, 1.165) is 88.6 Å². The molecule has 2 unspecified atom stereocenters. The SMILES string of the molecule is CCN1c2cc3c(cc2C(C)CC1(C)C)C(c1ccccc1C(=O)N(C)CCCC(=O)NCCCCCCNc1nc2c(N)ncnc2n1[C@@H]1O[C@@H]2COP(=O)([O-])O[C@H]2[C@H]1O)=c1cc2c4c(c1C3(C)C)CCC[N+]=4CCC2. The number of carbonyl (C=O) groups is 2. The number of ether oxygens (including phenoxy) is 1. The van der Waals surface area contributed by atoms with Gasteiger partial charge in [0.15, 0.2) is 23.2 Å². The number of nitrogens with two attached hydrogens (primary N) is 1. The van der Waals surface area contributed by atoms with E-state index >= 15 is 0 Å². The molecule has 11 rings (SSSR count). The number of carbonyl (C=O) groups excluding carboxylic acids is 2. The van der Waals surface area contributed by atoms with Crippen LogP contribution in [0.25, 0.3) is 16.7 Å². The van der Waals surface area contributed by atoms with Crippen LogP contribution in [0.4, 0.5) is 17.5 Å². The number of aliphatic hydroxyl groups is 1. The molecule has 2 fully saturated rings. The van der Waals surface area contributed by atoms with Gasteiger partial charge in [-0.3, -0.25) is 18.7 Å². The maximum absolute atomic E-state index is 14.8. The normalized spacial score (nSPS) is 24.6. The summed E-state index contributed by atoms with van der Waals surface area (Å²) in [6.07, 6.45) is 6.47. The van der Waals surface area contributed by atoms with Crippen molar-refractivity contribution in [1.82, 2.24) is 34.3 Å². The van der Waals surface area contributed by atoms with Crippen molar-refractivity contribution >= 4 is 53.8 Å². The number of rotatable bonds is 16. The first-order valence-electron chi connectivity index (χ1n) is 28.0. The lowest BCUT2D eigenvalue weighted by Crippen LogP contribution is -2.50. The molecule has 2 saturated heterocycles. The molecule has 18 nitrogen and oxygen atoms in total. The van der Waals surface area contributed by atoms with Crippen molar-refractivity contribution in [3.8, 4) is 0 Å². The van der Waals surface area contributed by atoms with Gasteiger partial charge in [0.2, 0.25) is 17.2 Å². The van der Waals surface area contributed by atoms with Crippen LogP contribution in [-0.2, 0) is 41.4 Å². The molecule has 2 aromatic heterocycles. The summed E-state index contributed by atoms with van der Waals surface area (Å²) in [5.74, 6) is 0.753. The molecule has 1 aliphatic carbocycles. The maximum Gasteiger partial charge on any atom is 0.268 e. The molecule has 3 aromatic carbocycles. The molecule has 7 heterocycles. The number of unbranched alkanes of at least 4 members (excludes halogenated alkanes) is 3. The van der Waals surface area contributed by atoms with E-state index in [1.807, 2.05) is 19.2 Å². The second-order valence-corrected chi connectivity index (χ2v) is 24.6. The number of aryl methyl sites for hydroxylation is 1. The van der Waals surface area contributed by atoms with Gasteiger partial charge >= 0.3 is 0 Å². The minimum atomic E-state index is -4.58. The molecule has 0 radical (unpaired) electrons. The number of nitrogens with zero attached hydrogens (tertiary/aromatic N) is 7. The Morgan fingerprint density at radius 1 is 1.01 bits per heavy atom. The monoisotopic (exact) mass is 1070 g/mol. The molecule has 5 aliphatic heterocycles. The van der Waals surface area contributed by atoms with Gasteiger partial charge in [-0.1, -0.05) is 51.8 Å². The van der Waals surface area contributed by atoms with Crippen LogP contribution in [0.3, 0.4) is 0 Å². The van der Waals surface area contributed by atoms with Crippen LogP contribution in [0.1, 0.15) is 161 Å². The number of hydrogen-bond acceptors (Lipinski definition) is 14. The van der Waals surface area contributed by atoms with Gasteiger partial charge in [0.1, 0.15) is 37.7 Å². The Kier molecular flexibility index (Phi) is 14.4. The third-order valence-electron chi connectivity index (χ3n) is 17.3. The van der Waals surface area contributed by atoms with Crippen LogP contribution in [-0.4, -0.2) is 118 Å². The number of aromatic nitrogens is 4. The summed E-state index contributed by atoms with van der Waals surface area (Å²) in [6.45, 7) is 18.6. The third-order valence-corrected chi connectivity index (χ3v) is 18.3. The summed E-state index contributed by atoms with van der Waals surface area (Å²) in [5, 5.41) is 20.3. The molecule has 5 aromatic rings. The van der Waals surface area contributed by atoms with Gasteiger partial charge in [0.05, 0.1) is 6.61 Å². The Morgan fingerprint density at radius 2 is 1.78 bits per heavy atom. The fourth-order valence-electron chi connectivity index (χ4n) is 13.8. The second kappa shape index (κ2) is 20.8. The van der Waals surface area contributed by atoms with E-state index in [4.69, 9.17) is 19.5 Å². The number of anilines is 3. The van der Waals surface area contributed by atoms with Gasteiger partial charge in [0, 0.05) is 85.8 Å². The lowest BCUT2D eigenvalue weighted by molar-refractivity contribution is -0.245. The van der Waals surface area contributed by atoms with Crippen molar-refractivity contribution in [2.75, 3.05) is 68.9 Å². The first-order valence-corrected chi connectivity index (χ1v) is 29.4. The van der Waals surface area contributed by atoms with E-state index in [-0.39, 0.29) is 35.2 Å². The molecule has 0 spiro atoms. The van der Waals surface area contributed by atoms with Crippen LogP contribution in [0.5, 0.6) is 0 Å². The quantitative estimate of drug-likeness (QED) is 0.0539. The fourth-order valence-corrected chi connectivity index (χ4v) is 14.8. The summed E-state index contributed by atoms with van der Waals surface area (Å²) in [6, 6.07) is 15.7. The molecule has 0 bridgehead atoms. The number of nitrogen functional groups attached to an aromatic ring is 1. The second-order valence-electron chi connectivity index (χ2n) is 23.3. The number of amides is 2. The number of phosphoric acid groups is 1. The highest BCUT2D eigenvalue weighted by atomic mass is 31.2. The highest BCUT2D eigenvalue weighted by molar-refractivity contribution is 7.45. The predicted molar refractivity (Wildman–Crippen MR) is 294 cm³/mol. The Morgan fingerprint density at radius 3 is 2.57 bits per heavy atom. The number of phosphoric ester groups is 1. The zero-order valence-electron chi connectivity index (χ0n) is 45.7. The first-order chi connectivity index (χ1) is 36.9. The van der Waals surface area contributed by atoms with Gasteiger partial charge in [-0.25, -0.2) is 19.5 Å². The van der Waals surface area contributed by atoms with Crippen molar-refractivity contribution in [3.63, 3.8) is 0 Å². The fraction of sp³-hybridized carbons (Fsp3) is 0.552. The van der Waals surface area contributed by atoms with Crippen LogP contribution in [0.2, 0.25) is 0 Å². The largest absolute Gasteiger partial charge is 0.756 e. The zero-order chi connectivity index (χ0) is 54.1. The minimum Gasteiger partial charge on any atom is -0.756 e. The van der Waals surface area contributed by atoms with Crippen LogP contribution >= 0.6 is 7.82 Å². The lowest BCUT2D eigenvalue weighted by Gasteiger charge is -2.48. The predicted octanol–water partition coefficient (Wildman–Crippen LogP) is 5.57. The Bertz CT molecular complexity index is 3340. The third kappa shape index (κ3) is 9.64. The average molecular weight is 1070 g/mol. The van der Waals surface area contributed by atoms with Crippen molar-refractivity contribution in [2.24, 2.45) is 0 Å². The van der Waals surface area contributed by atoms with Crippen LogP contribution < -0.4 is 41.3 Å². The molecule has 19 heteroatoms. The van der Waals surface area contributed by atoms with Gasteiger partial charge < -0.3 is 50.0 Å². The smallest absolute Gasteiger partial charge is 0.268 e. The maximum atomic E-state index is 14.8. The Hall–Kier alpha value is -5.75. The molecule has 6 aliphatic rings. The van der Waals surface area contributed by atoms with Crippen molar-refractivity contribution in [3.05, 3.63) is 104 Å². The molecule has 410 valence electrons. The summed E-state index contributed by atoms with van der Waals surface area (Å²) < 4.78 is 32.1. The van der Waals surface area contributed by atoms with Crippen LogP contribution in [0, 0.1) is 0 Å². The van der Waals surface area contributed by atoms with Gasteiger partial charge in [0.25, 0.3) is 13.7 Å². The number of imidazole rings is 1. The number of hydrogen-bond donors (Lipinski definition) is 4. The van der Waals surface area contributed by atoms with Gasteiger partial charge in [-0.2, -0.15) is 0 Å². The summed E-state index contributed by atoms with van der Waals surface area (Å²) in [5.41, 5.74) is 18.9. The topological polar surface area (TPSA) is 225 Å². The van der Waals surface area contributed by atoms with Crippen molar-refractivity contribution < 1.29 is 37.9 Å². The molecular weight excluding hydrogens is 996 g/mol. The number of benzene rings is 3. The average Bonchev–Trinajstić information content (AvgIpc) is 4.09.